The molecule has 0 radical (unpaired) electrons. The molecule has 1 rings (SSSR count). The lowest BCUT2D eigenvalue weighted by Gasteiger charge is -2.24. The fraction of sp³-hybridized carbons (Fsp3) is 0.714. The van der Waals surface area contributed by atoms with Crippen molar-refractivity contribution in [3.05, 3.63) is 12.2 Å². The van der Waals surface area contributed by atoms with Crippen molar-refractivity contribution in [1.82, 2.24) is 0 Å². The molecule has 0 amide bonds. The van der Waals surface area contributed by atoms with Gasteiger partial charge in [-0.15, -0.1) is 0 Å². The summed E-state index contributed by atoms with van der Waals surface area (Å²) in [6, 6.07) is 0. The first-order valence-electron chi connectivity index (χ1n) is 3.28. The molecule has 2 nitrogen and oxygen atoms in total. The Morgan fingerprint density at radius 3 is 2.67 bits per heavy atom. The average molecular weight is 128 g/mol. The van der Waals surface area contributed by atoms with Gasteiger partial charge in [-0.2, -0.15) is 0 Å². The summed E-state index contributed by atoms with van der Waals surface area (Å²) in [6.45, 7) is -0.149. The maximum Gasteiger partial charge on any atom is 0.106 e. The largest absolute Gasteiger partial charge is 0.393 e. The van der Waals surface area contributed by atoms with Crippen molar-refractivity contribution in [3.63, 3.8) is 0 Å². The van der Waals surface area contributed by atoms with Gasteiger partial charge in [-0.1, -0.05) is 12.2 Å². The van der Waals surface area contributed by atoms with E-state index >= 15 is 0 Å². The highest BCUT2D eigenvalue weighted by Gasteiger charge is 2.23. The molecule has 0 saturated carbocycles. The minimum atomic E-state index is -0.905. The Labute approximate surface area is 54.8 Å². The van der Waals surface area contributed by atoms with Crippen LogP contribution < -0.4 is 0 Å². The lowest BCUT2D eigenvalue weighted by molar-refractivity contribution is 0.0155. The fourth-order valence-corrected chi connectivity index (χ4v) is 1.04. The summed E-state index contributed by atoms with van der Waals surface area (Å²) in [7, 11) is 0. The van der Waals surface area contributed by atoms with Gasteiger partial charge in [0.1, 0.15) is 5.60 Å². The number of allylic oxidation sites excluding steroid dienone is 1. The van der Waals surface area contributed by atoms with Gasteiger partial charge in [-0.3, -0.25) is 0 Å². The molecule has 1 aliphatic carbocycles. The number of aliphatic hydroxyl groups excluding tert-OH is 1. The van der Waals surface area contributed by atoms with Crippen LogP contribution in [0.1, 0.15) is 19.3 Å². The Morgan fingerprint density at radius 2 is 2.33 bits per heavy atom. The van der Waals surface area contributed by atoms with Crippen LogP contribution in [-0.2, 0) is 0 Å². The third-order valence-electron chi connectivity index (χ3n) is 1.68. The molecule has 9 heavy (non-hydrogen) atoms. The van der Waals surface area contributed by atoms with E-state index in [1.165, 1.54) is 0 Å². The molecule has 1 atom stereocenters. The number of hydrogen-bond acceptors (Lipinski definition) is 2. The molecule has 2 heteroatoms. The number of hydrogen-bond donors (Lipinski definition) is 2. The molecular formula is C7H12O2. The summed E-state index contributed by atoms with van der Waals surface area (Å²) in [5.41, 5.74) is -0.905. The maximum absolute atomic E-state index is 9.34. The molecule has 0 aromatic carbocycles. The van der Waals surface area contributed by atoms with Gasteiger partial charge in [-0.25, -0.2) is 0 Å². The smallest absolute Gasteiger partial charge is 0.106 e. The third-order valence-corrected chi connectivity index (χ3v) is 1.68. The normalized spacial score (nSPS) is 34.9. The summed E-state index contributed by atoms with van der Waals surface area (Å²) in [5.74, 6) is 0. The van der Waals surface area contributed by atoms with E-state index in [9.17, 15) is 5.11 Å². The molecule has 1 aliphatic rings. The maximum atomic E-state index is 9.34. The van der Waals surface area contributed by atoms with E-state index in [-0.39, 0.29) is 6.61 Å². The van der Waals surface area contributed by atoms with Gasteiger partial charge in [0.2, 0.25) is 0 Å². The van der Waals surface area contributed by atoms with Gasteiger partial charge in [0, 0.05) is 0 Å². The van der Waals surface area contributed by atoms with Crippen molar-refractivity contribution in [1.29, 1.82) is 0 Å². The summed E-state index contributed by atoms with van der Waals surface area (Å²) in [4.78, 5) is 0. The van der Waals surface area contributed by atoms with E-state index in [4.69, 9.17) is 5.11 Å². The van der Waals surface area contributed by atoms with Crippen LogP contribution in [0, 0.1) is 0 Å². The predicted octanol–water partition coefficient (Wildman–Crippen LogP) is 0.450. The van der Waals surface area contributed by atoms with Gasteiger partial charge >= 0.3 is 0 Å². The first kappa shape index (κ1) is 6.78. The van der Waals surface area contributed by atoms with E-state index in [1.807, 2.05) is 6.08 Å². The minimum absolute atomic E-state index is 0.149. The Kier molecular flexibility index (Phi) is 1.88. The summed E-state index contributed by atoms with van der Waals surface area (Å²) in [5, 5.41) is 18.0. The standard InChI is InChI=1S/C7H12O2/c8-6-7(9)4-2-1-3-5-7/h2,4,8-9H,1,3,5-6H2/t7-/m0/s1. The summed E-state index contributed by atoms with van der Waals surface area (Å²) in [6.07, 6.45) is 6.31. The second-order valence-electron chi connectivity index (χ2n) is 2.56. The molecule has 0 fully saturated rings. The van der Waals surface area contributed by atoms with Crippen LogP contribution in [0.25, 0.3) is 0 Å². The second kappa shape index (κ2) is 2.50. The van der Waals surface area contributed by atoms with Crippen LogP contribution in [0.4, 0.5) is 0 Å². The van der Waals surface area contributed by atoms with Crippen LogP contribution in [0.5, 0.6) is 0 Å². The highest BCUT2D eigenvalue weighted by Crippen LogP contribution is 2.20. The van der Waals surface area contributed by atoms with Crippen molar-refractivity contribution in [2.45, 2.75) is 24.9 Å². The SMILES string of the molecule is OC[C@]1(O)C=CCCC1. The Morgan fingerprint density at radius 1 is 1.56 bits per heavy atom. The molecule has 0 saturated heterocycles. The summed E-state index contributed by atoms with van der Waals surface area (Å²) < 4.78 is 0. The average Bonchev–Trinajstić information content (AvgIpc) is 1.90. The van der Waals surface area contributed by atoms with E-state index < -0.39 is 5.60 Å². The third kappa shape index (κ3) is 1.53. The molecule has 2 N–H and O–H groups in total. The Bertz CT molecular complexity index is 120. The van der Waals surface area contributed by atoms with Gasteiger partial charge in [0.25, 0.3) is 0 Å². The van der Waals surface area contributed by atoms with E-state index in [0.717, 1.165) is 12.8 Å². The molecule has 0 heterocycles. The van der Waals surface area contributed by atoms with E-state index in [1.54, 1.807) is 6.08 Å². The van der Waals surface area contributed by atoms with Crippen LogP contribution in [-0.4, -0.2) is 22.4 Å². The highest BCUT2D eigenvalue weighted by atomic mass is 16.3. The zero-order valence-electron chi connectivity index (χ0n) is 5.38. The van der Waals surface area contributed by atoms with Gasteiger partial charge < -0.3 is 10.2 Å². The van der Waals surface area contributed by atoms with Gasteiger partial charge in [0.15, 0.2) is 0 Å². The monoisotopic (exact) mass is 128 g/mol. The second-order valence-corrected chi connectivity index (χ2v) is 2.56. The first-order valence-corrected chi connectivity index (χ1v) is 3.28. The zero-order chi connectivity index (χ0) is 6.74. The van der Waals surface area contributed by atoms with Crippen LogP contribution in [0.15, 0.2) is 12.2 Å². The minimum Gasteiger partial charge on any atom is -0.393 e. The van der Waals surface area contributed by atoms with Crippen molar-refractivity contribution < 1.29 is 10.2 Å². The molecule has 0 aromatic heterocycles. The van der Waals surface area contributed by atoms with Gasteiger partial charge in [-0.05, 0) is 19.3 Å². The summed E-state index contributed by atoms with van der Waals surface area (Å²) >= 11 is 0. The molecule has 0 unspecified atom stereocenters. The lowest BCUT2D eigenvalue weighted by atomic mass is 9.92. The van der Waals surface area contributed by atoms with Crippen molar-refractivity contribution in [2.75, 3.05) is 6.61 Å². The lowest BCUT2D eigenvalue weighted by Crippen LogP contribution is -2.31. The molecule has 0 bridgehead atoms. The molecular weight excluding hydrogens is 116 g/mol. The predicted molar refractivity (Wildman–Crippen MR) is 35.0 cm³/mol. The van der Waals surface area contributed by atoms with E-state index in [2.05, 4.69) is 0 Å². The quantitative estimate of drug-likeness (QED) is 0.503. The first-order chi connectivity index (χ1) is 4.27. The van der Waals surface area contributed by atoms with Gasteiger partial charge in [0.05, 0.1) is 6.61 Å². The highest BCUT2D eigenvalue weighted by molar-refractivity contribution is 5.04. The number of rotatable bonds is 1. The zero-order valence-corrected chi connectivity index (χ0v) is 5.38. The molecule has 0 spiro atoms. The van der Waals surface area contributed by atoms with Crippen molar-refractivity contribution in [3.8, 4) is 0 Å². The Balaban J connectivity index is 2.56. The molecule has 0 aliphatic heterocycles. The molecule has 0 aromatic rings. The number of aliphatic hydroxyl groups is 2. The van der Waals surface area contributed by atoms with Crippen LogP contribution in [0.3, 0.4) is 0 Å². The fourth-order valence-electron chi connectivity index (χ4n) is 1.04. The van der Waals surface area contributed by atoms with Crippen LogP contribution >= 0.6 is 0 Å². The van der Waals surface area contributed by atoms with Crippen molar-refractivity contribution >= 4 is 0 Å². The van der Waals surface area contributed by atoms with E-state index in [0.29, 0.717) is 6.42 Å². The molecule has 52 valence electrons. The topological polar surface area (TPSA) is 40.5 Å². The van der Waals surface area contributed by atoms with Crippen LogP contribution in [0.2, 0.25) is 0 Å². The van der Waals surface area contributed by atoms with Crippen molar-refractivity contribution in [2.24, 2.45) is 0 Å². The Hall–Kier alpha value is -0.340.